The average Bonchev–Trinajstić information content (AvgIpc) is 3.26. The first-order valence-corrected chi connectivity index (χ1v) is 11.7. The Morgan fingerprint density at radius 2 is 2.09 bits per heavy atom. The predicted octanol–water partition coefficient (Wildman–Crippen LogP) is 5.23. The standard InChI is InChI=1S/C26H28ClN5O2/c1-5-16(2)26(33)29-13-18-12-28-14-22(27)21(18)15-34-24-8-6-7-19-20(11-17(3)31-25(19)24)23-9-10-30-32(23)4/h6-12,14,16H,5,13,15H2,1-4H3,(H,29,33). The summed E-state index contributed by atoms with van der Waals surface area (Å²) >= 11 is 6.47. The maximum atomic E-state index is 12.2. The summed E-state index contributed by atoms with van der Waals surface area (Å²) in [5.41, 5.74) is 5.32. The molecule has 0 aliphatic carbocycles. The topological polar surface area (TPSA) is 81.9 Å². The van der Waals surface area contributed by atoms with Gasteiger partial charge in [0.15, 0.2) is 0 Å². The molecule has 0 spiro atoms. The number of carbonyl (C=O) groups excluding carboxylic acids is 1. The molecule has 4 rings (SSSR count). The summed E-state index contributed by atoms with van der Waals surface area (Å²) in [7, 11) is 1.92. The van der Waals surface area contributed by atoms with Crippen LogP contribution in [0.5, 0.6) is 5.75 Å². The van der Waals surface area contributed by atoms with E-state index in [4.69, 9.17) is 21.3 Å². The van der Waals surface area contributed by atoms with Crippen LogP contribution in [0, 0.1) is 12.8 Å². The molecule has 0 saturated carbocycles. The lowest BCUT2D eigenvalue weighted by Gasteiger charge is -2.16. The van der Waals surface area contributed by atoms with E-state index in [0.29, 0.717) is 17.3 Å². The van der Waals surface area contributed by atoms with Gasteiger partial charge in [-0.3, -0.25) is 14.5 Å². The highest BCUT2D eigenvalue weighted by Gasteiger charge is 2.16. The van der Waals surface area contributed by atoms with E-state index in [2.05, 4.69) is 21.5 Å². The fourth-order valence-electron chi connectivity index (χ4n) is 3.82. The summed E-state index contributed by atoms with van der Waals surface area (Å²) < 4.78 is 8.10. The van der Waals surface area contributed by atoms with Crippen molar-refractivity contribution >= 4 is 28.4 Å². The molecule has 1 aromatic carbocycles. The number of halogens is 1. The van der Waals surface area contributed by atoms with E-state index in [-0.39, 0.29) is 18.4 Å². The molecule has 3 aromatic heterocycles. The molecule has 3 heterocycles. The van der Waals surface area contributed by atoms with Crippen LogP contribution in [-0.4, -0.2) is 25.7 Å². The van der Waals surface area contributed by atoms with E-state index in [1.807, 2.05) is 56.8 Å². The zero-order valence-electron chi connectivity index (χ0n) is 19.8. The van der Waals surface area contributed by atoms with Crippen molar-refractivity contribution < 1.29 is 9.53 Å². The number of nitrogens with one attached hydrogen (secondary N) is 1. The molecule has 4 aromatic rings. The highest BCUT2D eigenvalue weighted by Crippen LogP contribution is 2.33. The maximum Gasteiger partial charge on any atom is 0.223 e. The summed E-state index contributed by atoms with van der Waals surface area (Å²) in [6.07, 6.45) is 5.87. The van der Waals surface area contributed by atoms with E-state index in [1.54, 1.807) is 18.6 Å². The molecule has 0 radical (unpaired) electrons. The molecule has 0 bridgehead atoms. The van der Waals surface area contributed by atoms with E-state index < -0.39 is 0 Å². The third-order valence-corrected chi connectivity index (χ3v) is 6.33. The minimum absolute atomic E-state index is 0.00534. The molecule has 34 heavy (non-hydrogen) atoms. The van der Waals surface area contributed by atoms with Crippen molar-refractivity contribution in [3.05, 3.63) is 70.8 Å². The second kappa shape index (κ2) is 10.2. The van der Waals surface area contributed by atoms with E-state index >= 15 is 0 Å². The Labute approximate surface area is 204 Å². The third-order valence-electron chi connectivity index (χ3n) is 6.01. The first-order chi connectivity index (χ1) is 16.4. The lowest BCUT2D eigenvalue weighted by molar-refractivity contribution is -0.124. The Hall–Kier alpha value is -3.45. The van der Waals surface area contributed by atoms with Crippen LogP contribution in [0.2, 0.25) is 5.02 Å². The first kappa shape index (κ1) is 23.7. The number of ether oxygens (including phenoxy) is 1. The number of aromatic nitrogens is 4. The number of fused-ring (bicyclic) bond motifs is 1. The summed E-state index contributed by atoms with van der Waals surface area (Å²) in [5, 5.41) is 8.75. The summed E-state index contributed by atoms with van der Waals surface area (Å²) in [5.74, 6) is 0.614. The fraction of sp³-hybridized carbons (Fsp3) is 0.308. The molecule has 1 atom stereocenters. The fourth-order valence-corrected chi connectivity index (χ4v) is 4.06. The molecule has 0 fully saturated rings. The Morgan fingerprint density at radius 1 is 1.26 bits per heavy atom. The van der Waals surface area contributed by atoms with Gasteiger partial charge in [-0.25, -0.2) is 4.98 Å². The Bertz CT molecular complexity index is 1330. The molecular formula is C26H28ClN5O2. The zero-order valence-corrected chi connectivity index (χ0v) is 20.6. The Morgan fingerprint density at radius 3 is 2.82 bits per heavy atom. The number of para-hydroxylation sites is 1. The molecule has 176 valence electrons. The molecule has 8 heteroatoms. The van der Waals surface area contributed by atoms with Gasteiger partial charge in [-0.1, -0.05) is 37.6 Å². The smallest absolute Gasteiger partial charge is 0.223 e. The van der Waals surface area contributed by atoms with Gasteiger partial charge >= 0.3 is 0 Å². The van der Waals surface area contributed by atoms with Gasteiger partial charge in [0.25, 0.3) is 0 Å². The third kappa shape index (κ3) is 4.89. The number of pyridine rings is 2. The molecule has 1 amide bonds. The van der Waals surface area contributed by atoms with Crippen LogP contribution in [0.25, 0.3) is 22.2 Å². The van der Waals surface area contributed by atoms with Gasteiger partial charge < -0.3 is 10.1 Å². The number of carbonyl (C=O) groups is 1. The quantitative estimate of drug-likeness (QED) is 0.375. The molecule has 0 saturated heterocycles. The average molecular weight is 478 g/mol. The van der Waals surface area contributed by atoms with E-state index in [1.165, 1.54) is 0 Å². The minimum atomic E-state index is -0.0505. The van der Waals surface area contributed by atoms with Crippen molar-refractivity contribution in [2.75, 3.05) is 0 Å². The Balaban J connectivity index is 1.63. The number of rotatable bonds is 8. The maximum absolute atomic E-state index is 12.2. The van der Waals surface area contributed by atoms with Crippen LogP contribution in [0.4, 0.5) is 0 Å². The molecule has 1 N–H and O–H groups in total. The van der Waals surface area contributed by atoms with E-state index in [0.717, 1.165) is 45.4 Å². The first-order valence-electron chi connectivity index (χ1n) is 11.3. The van der Waals surface area contributed by atoms with Gasteiger partial charge in [0.05, 0.1) is 10.7 Å². The van der Waals surface area contributed by atoms with Crippen LogP contribution in [0.1, 0.15) is 37.1 Å². The number of benzene rings is 1. The summed E-state index contributed by atoms with van der Waals surface area (Å²) in [4.78, 5) is 21.2. The monoisotopic (exact) mass is 477 g/mol. The normalized spacial score (nSPS) is 12.0. The van der Waals surface area contributed by atoms with Gasteiger partial charge in [-0.2, -0.15) is 5.10 Å². The molecule has 7 nitrogen and oxygen atoms in total. The van der Waals surface area contributed by atoms with Gasteiger partial charge in [0, 0.05) is 60.3 Å². The van der Waals surface area contributed by atoms with Crippen LogP contribution in [0.3, 0.4) is 0 Å². The predicted molar refractivity (Wildman–Crippen MR) is 134 cm³/mol. The Kier molecular flexibility index (Phi) is 7.12. The second-order valence-electron chi connectivity index (χ2n) is 8.38. The number of aryl methyl sites for hydroxylation is 2. The van der Waals surface area contributed by atoms with Crippen molar-refractivity contribution in [1.29, 1.82) is 0 Å². The molecule has 0 aliphatic heterocycles. The minimum Gasteiger partial charge on any atom is -0.487 e. The summed E-state index contributed by atoms with van der Waals surface area (Å²) in [6, 6.07) is 9.93. The van der Waals surface area contributed by atoms with Crippen LogP contribution in [-0.2, 0) is 25.0 Å². The zero-order chi connectivity index (χ0) is 24.2. The van der Waals surface area contributed by atoms with Crippen molar-refractivity contribution in [2.24, 2.45) is 13.0 Å². The van der Waals surface area contributed by atoms with Gasteiger partial charge in [-0.15, -0.1) is 0 Å². The van der Waals surface area contributed by atoms with Gasteiger partial charge in [0.1, 0.15) is 17.9 Å². The second-order valence-corrected chi connectivity index (χ2v) is 8.79. The number of hydrogen-bond acceptors (Lipinski definition) is 5. The summed E-state index contributed by atoms with van der Waals surface area (Å²) in [6.45, 7) is 6.43. The number of nitrogens with zero attached hydrogens (tertiary/aromatic N) is 4. The molecule has 0 aliphatic rings. The van der Waals surface area contributed by atoms with Crippen molar-refractivity contribution in [3.8, 4) is 17.0 Å². The van der Waals surface area contributed by atoms with Crippen molar-refractivity contribution in [1.82, 2.24) is 25.1 Å². The molecule has 1 unspecified atom stereocenters. The van der Waals surface area contributed by atoms with Gasteiger partial charge in [0.2, 0.25) is 5.91 Å². The van der Waals surface area contributed by atoms with Crippen molar-refractivity contribution in [3.63, 3.8) is 0 Å². The van der Waals surface area contributed by atoms with Gasteiger partial charge in [-0.05, 0) is 37.1 Å². The van der Waals surface area contributed by atoms with Crippen LogP contribution >= 0.6 is 11.6 Å². The van der Waals surface area contributed by atoms with Crippen LogP contribution < -0.4 is 10.1 Å². The number of hydrogen-bond donors (Lipinski definition) is 1. The SMILES string of the molecule is CCC(C)C(=O)NCc1cncc(Cl)c1COc1cccc2c(-c3ccnn3C)cc(C)nc12. The highest BCUT2D eigenvalue weighted by atomic mass is 35.5. The van der Waals surface area contributed by atoms with Crippen molar-refractivity contribution in [2.45, 2.75) is 40.3 Å². The van der Waals surface area contributed by atoms with Crippen LogP contribution in [0.15, 0.2) is 48.9 Å². The van der Waals surface area contributed by atoms with E-state index in [9.17, 15) is 4.79 Å². The highest BCUT2D eigenvalue weighted by molar-refractivity contribution is 6.31. The molecular weight excluding hydrogens is 450 g/mol. The number of amides is 1. The lowest BCUT2D eigenvalue weighted by atomic mass is 10.0. The lowest BCUT2D eigenvalue weighted by Crippen LogP contribution is -2.28. The largest absolute Gasteiger partial charge is 0.487 e.